The van der Waals surface area contributed by atoms with Gasteiger partial charge in [-0.1, -0.05) is 6.07 Å². The van der Waals surface area contributed by atoms with Gasteiger partial charge in [-0.25, -0.2) is 4.39 Å². The number of nitrogens with one attached hydrogen (secondary N) is 1. The van der Waals surface area contributed by atoms with Gasteiger partial charge in [-0.2, -0.15) is 0 Å². The van der Waals surface area contributed by atoms with Gasteiger partial charge in [0.1, 0.15) is 5.82 Å². The highest BCUT2D eigenvalue weighted by Gasteiger charge is 2.41. The summed E-state index contributed by atoms with van der Waals surface area (Å²) in [6.45, 7) is 1.76. The van der Waals surface area contributed by atoms with Crippen LogP contribution in [-0.2, 0) is 0 Å². The minimum atomic E-state index is -0.219. The fraction of sp³-hybridized carbons (Fsp3) is 0.158. The van der Waals surface area contributed by atoms with Crippen molar-refractivity contribution in [2.24, 2.45) is 0 Å². The highest BCUT2D eigenvalue weighted by molar-refractivity contribution is 9.10. The quantitative estimate of drug-likeness (QED) is 0.534. The fourth-order valence-corrected chi connectivity index (χ4v) is 5.10. The first-order chi connectivity index (χ1) is 12.5. The molecule has 3 aromatic rings. The van der Waals surface area contributed by atoms with E-state index in [4.69, 9.17) is 12.2 Å². The molecular formula is C19H15BrFN3S2. The average Bonchev–Trinajstić information content (AvgIpc) is 3.21. The summed E-state index contributed by atoms with van der Waals surface area (Å²) in [7, 11) is 0. The van der Waals surface area contributed by atoms with Crippen LogP contribution < -0.4 is 10.2 Å². The summed E-state index contributed by atoms with van der Waals surface area (Å²) >= 11 is 10.9. The van der Waals surface area contributed by atoms with Crippen molar-refractivity contribution in [3.8, 4) is 0 Å². The Morgan fingerprint density at radius 3 is 2.77 bits per heavy atom. The molecule has 0 aliphatic carbocycles. The van der Waals surface area contributed by atoms with E-state index in [1.165, 1.54) is 6.07 Å². The summed E-state index contributed by atoms with van der Waals surface area (Å²) in [5.41, 5.74) is 2.39. The monoisotopic (exact) mass is 447 g/mol. The molecule has 132 valence electrons. The minimum absolute atomic E-state index is 0.0569. The number of halogens is 2. The summed E-state index contributed by atoms with van der Waals surface area (Å²) in [6, 6.07) is 12.9. The van der Waals surface area contributed by atoms with E-state index < -0.39 is 0 Å². The Hall–Kier alpha value is -1.83. The fourth-order valence-electron chi connectivity index (χ4n) is 3.18. The van der Waals surface area contributed by atoms with Crippen LogP contribution in [0.5, 0.6) is 0 Å². The molecule has 1 N–H and O–H groups in total. The molecule has 0 radical (unpaired) electrons. The first kappa shape index (κ1) is 17.6. The molecule has 26 heavy (non-hydrogen) atoms. The van der Waals surface area contributed by atoms with E-state index in [9.17, 15) is 4.39 Å². The van der Waals surface area contributed by atoms with E-state index in [1.807, 2.05) is 24.3 Å². The molecule has 2 atom stereocenters. The zero-order chi connectivity index (χ0) is 18.3. The van der Waals surface area contributed by atoms with Crippen molar-refractivity contribution in [1.29, 1.82) is 0 Å². The molecule has 0 bridgehead atoms. The molecule has 0 saturated carbocycles. The van der Waals surface area contributed by atoms with Crippen LogP contribution in [0.15, 0.2) is 58.5 Å². The lowest BCUT2D eigenvalue weighted by molar-refractivity contribution is 0.574. The van der Waals surface area contributed by atoms with E-state index >= 15 is 0 Å². The molecular weight excluding hydrogens is 433 g/mol. The third-order valence-electron chi connectivity index (χ3n) is 4.40. The topological polar surface area (TPSA) is 28.2 Å². The van der Waals surface area contributed by atoms with Crippen molar-refractivity contribution in [2.75, 3.05) is 4.90 Å². The number of aryl methyl sites for hydroxylation is 1. The second kappa shape index (κ2) is 7.06. The predicted octanol–water partition coefficient (Wildman–Crippen LogP) is 5.53. The second-order valence-electron chi connectivity index (χ2n) is 6.10. The highest BCUT2D eigenvalue weighted by atomic mass is 79.9. The van der Waals surface area contributed by atoms with Crippen molar-refractivity contribution in [2.45, 2.75) is 19.0 Å². The van der Waals surface area contributed by atoms with Gasteiger partial charge in [0.05, 0.1) is 17.8 Å². The Kier molecular flexibility index (Phi) is 4.77. The molecule has 3 nitrogen and oxygen atoms in total. The van der Waals surface area contributed by atoms with Gasteiger partial charge in [-0.15, -0.1) is 11.3 Å². The van der Waals surface area contributed by atoms with Crippen molar-refractivity contribution in [3.63, 3.8) is 0 Å². The zero-order valence-corrected chi connectivity index (χ0v) is 17.0. The van der Waals surface area contributed by atoms with E-state index in [0.29, 0.717) is 10.7 Å². The van der Waals surface area contributed by atoms with Crippen LogP contribution in [0, 0.1) is 12.7 Å². The number of hydrogen-bond acceptors (Lipinski definition) is 3. The number of rotatable bonds is 3. The predicted molar refractivity (Wildman–Crippen MR) is 111 cm³/mol. The Morgan fingerprint density at radius 1 is 1.27 bits per heavy atom. The van der Waals surface area contributed by atoms with E-state index in [2.05, 4.69) is 42.6 Å². The smallest absolute Gasteiger partial charge is 0.174 e. The molecule has 1 fully saturated rings. The number of thiocarbonyl (C=S) groups is 1. The maximum Gasteiger partial charge on any atom is 0.174 e. The third kappa shape index (κ3) is 3.15. The van der Waals surface area contributed by atoms with Crippen molar-refractivity contribution in [3.05, 3.63) is 80.5 Å². The average molecular weight is 448 g/mol. The van der Waals surface area contributed by atoms with Gasteiger partial charge in [0.15, 0.2) is 5.11 Å². The van der Waals surface area contributed by atoms with E-state index in [0.717, 1.165) is 20.7 Å². The molecule has 1 aliphatic rings. The SMILES string of the molecule is Cc1cc(N2C(=S)NC(c3ccccn3)C2c2cc(Br)cs2)ccc1F. The molecule has 1 aromatic carbocycles. The summed E-state index contributed by atoms with van der Waals surface area (Å²) in [4.78, 5) is 7.73. The normalized spacial score (nSPS) is 19.7. The van der Waals surface area contributed by atoms with Gasteiger partial charge in [0.25, 0.3) is 0 Å². The largest absolute Gasteiger partial charge is 0.351 e. The second-order valence-corrected chi connectivity index (χ2v) is 8.34. The van der Waals surface area contributed by atoms with Crippen LogP contribution in [0.1, 0.15) is 28.2 Å². The van der Waals surface area contributed by atoms with Gasteiger partial charge in [0, 0.05) is 26.6 Å². The third-order valence-corrected chi connectivity index (χ3v) is 6.48. The molecule has 1 saturated heterocycles. The summed E-state index contributed by atoms with van der Waals surface area (Å²) in [5, 5.41) is 6.07. The van der Waals surface area contributed by atoms with Gasteiger partial charge in [-0.05, 0) is 77.0 Å². The Labute approximate surface area is 169 Å². The van der Waals surface area contributed by atoms with Crippen molar-refractivity contribution >= 4 is 50.3 Å². The van der Waals surface area contributed by atoms with Crippen LogP contribution in [0.2, 0.25) is 0 Å². The van der Waals surface area contributed by atoms with E-state index in [-0.39, 0.29) is 17.9 Å². The number of thiophene rings is 1. The zero-order valence-electron chi connectivity index (χ0n) is 13.8. The van der Waals surface area contributed by atoms with Crippen molar-refractivity contribution in [1.82, 2.24) is 10.3 Å². The standard InChI is InChI=1S/C19H15BrFN3S2/c1-11-8-13(5-6-14(11)21)24-18(16-9-12(20)10-26-16)17(23-19(24)25)15-4-2-3-7-22-15/h2-10,17-18H,1H3,(H,23,25). The van der Waals surface area contributed by atoms with Gasteiger partial charge in [-0.3, -0.25) is 4.98 Å². The van der Waals surface area contributed by atoms with Crippen LogP contribution >= 0.6 is 39.5 Å². The first-order valence-electron chi connectivity index (χ1n) is 8.05. The lowest BCUT2D eigenvalue weighted by atomic mass is 10.0. The van der Waals surface area contributed by atoms with Gasteiger partial charge in [0.2, 0.25) is 0 Å². The number of aromatic nitrogens is 1. The summed E-state index contributed by atoms with van der Waals surface area (Å²) in [6.07, 6.45) is 1.78. The van der Waals surface area contributed by atoms with Crippen molar-refractivity contribution < 1.29 is 4.39 Å². The van der Waals surface area contributed by atoms with Gasteiger partial charge >= 0.3 is 0 Å². The molecule has 1 aliphatic heterocycles. The lowest BCUT2D eigenvalue weighted by Crippen LogP contribution is -2.29. The molecule has 2 aromatic heterocycles. The van der Waals surface area contributed by atoms with Crippen LogP contribution in [0.25, 0.3) is 0 Å². The number of hydrogen-bond donors (Lipinski definition) is 1. The number of pyridine rings is 1. The van der Waals surface area contributed by atoms with E-state index in [1.54, 1.807) is 30.5 Å². The Balaban J connectivity index is 1.83. The first-order valence-corrected chi connectivity index (χ1v) is 10.1. The summed E-state index contributed by atoms with van der Waals surface area (Å²) in [5.74, 6) is -0.219. The number of nitrogens with zero attached hydrogens (tertiary/aromatic N) is 2. The number of benzene rings is 1. The Morgan fingerprint density at radius 2 is 2.12 bits per heavy atom. The maximum atomic E-state index is 13.8. The lowest BCUT2D eigenvalue weighted by Gasteiger charge is -2.27. The maximum absolute atomic E-state index is 13.8. The molecule has 3 heterocycles. The number of anilines is 1. The van der Waals surface area contributed by atoms with Crippen LogP contribution in [-0.4, -0.2) is 10.1 Å². The molecule has 4 rings (SSSR count). The van der Waals surface area contributed by atoms with Gasteiger partial charge < -0.3 is 10.2 Å². The highest BCUT2D eigenvalue weighted by Crippen LogP contribution is 2.44. The van der Waals surface area contributed by atoms with Crippen LogP contribution in [0.3, 0.4) is 0 Å². The molecule has 7 heteroatoms. The molecule has 0 amide bonds. The Bertz CT molecular complexity index is 960. The summed E-state index contributed by atoms with van der Waals surface area (Å²) < 4.78 is 14.8. The molecule has 0 spiro atoms. The minimum Gasteiger partial charge on any atom is -0.351 e. The van der Waals surface area contributed by atoms with Crippen LogP contribution in [0.4, 0.5) is 10.1 Å². The molecule has 2 unspecified atom stereocenters.